The van der Waals surface area contributed by atoms with Crippen molar-refractivity contribution in [2.75, 3.05) is 18.4 Å². The van der Waals surface area contributed by atoms with Gasteiger partial charge in [-0.3, -0.25) is 0 Å². The standard InChI is InChI=1S/C19H29N3O/c1-2-13-22(14-15-7-8-15)19(20-16-5-3-4-6-16)21-17-9-11-18(23)12-10-17/h9-12,15-16,23H,2-8,13-14H2,1H3,(H,20,21). The lowest BCUT2D eigenvalue weighted by Crippen LogP contribution is -2.39. The van der Waals surface area contributed by atoms with Crippen LogP contribution >= 0.6 is 0 Å². The van der Waals surface area contributed by atoms with Crippen molar-refractivity contribution >= 4 is 11.6 Å². The summed E-state index contributed by atoms with van der Waals surface area (Å²) in [5.41, 5.74) is 0.997. The van der Waals surface area contributed by atoms with Crippen molar-refractivity contribution in [3.63, 3.8) is 0 Å². The second-order valence-electron chi connectivity index (χ2n) is 6.95. The van der Waals surface area contributed by atoms with Gasteiger partial charge < -0.3 is 15.3 Å². The number of aliphatic imine (C=N–C) groups is 1. The Balaban J connectivity index is 1.76. The van der Waals surface area contributed by atoms with E-state index in [1.807, 2.05) is 12.1 Å². The Morgan fingerprint density at radius 1 is 1.17 bits per heavy atom. The van der Waals surface area contributed by atoms with Crippen molar-refractivity contribution in [1.29, 1.82) is 0 Å². The first-order valence-corrected chi connectivity index (χ1v) is 9.13. The molecular weight excluding hydrogens is 286 g/mol. The van der Waals surface area contributed by atoms with Gasteiger partial charge in [0.15, 0.2) is 5.96 Å². The third kappa shape index (κ3) is 4.88. The quantitative estimate of drug-likeness (QED) is 0.469. The Labute approximate surface area is 139 Å². The molecule has 0 bridgehead atoms. The molecule has 0 amide bonds. The number of nitrogens with one attached hydrogen (secondary N) is 1. The van der Waals surface area contributed by atoms with Crippen LogP contribution in [0.2, 0.25) is 0 Å². The van der Waals surface area contributed by atoms with Crippen molar-refractivity contribution in [1.82, 2.24) is 4.90 Å². The fourth-order valence-corrected chi connectivity index (χ4v) is 3.24. The summed E-state index contributed by atoms with van der Waals surface area (Å²) < 4.78 is 0. The number of guanidine groups is 1. The molecule has 1 aromatic rings. The van der Waals surface area contributed by atoms with E-state index in [-0.39, 0.29) is 0 Å². The maximum atomic E-state index is 9.47. The number of phenols is 1. The molecule has 126 valence electrons. The SMILES string of the molecule is CCCN(CC1CC1)C(=NC1CCCC1)Nc1ccc(O)cc1. The summed E-state index contributed by atoms with van der Waals surface area (Å²) >= 11 is 0. The first kappa shape index (κ1) is 16.2. The van der Waals surface area contributed by atoms with E-state index in [2.05, 4.69) is 17.1 Å². The highest BCUT2D eigenvalue weighted by molar-refractivity contribution is 5.93. The lowest BCUT2D eigenvalue weighted by Gasteiger charge is -2.27. The fourth-order valence-electron chi connectivity index (χ4n) is 3.24. The van der Waals surface area contributed by atoms with E-state index in [1.165, 1.54) is 38.5 Å². The molecule has 23 heavy (non-hydrogen) atoms. The van der Waals surface area contributed by atoms with Gasteiger partial charge in [0.25, 0.3) is 0 Å². The minimum atomic E-state index is 0.299. The van der Waals surface area contributed by atoms with Gasteiger partial charge in [-0.15, -0.1) is 0 Å². The summed E-state index contributed by atoms with van der Waals surface area (Å²) in [6.45, 7) is 4.39. The second-order valence-corrected chi connectivity index (χ2v) is 6.95. The van der Waals surface area contributed by atoms with E-state index in [1.54, 1.807) is 12.1 Å². The monoisotopic (exact) mass is 315 g/mol. The van der Waals surface area contributed by atoms with Crippen LogP contribution in [0.1, 0.15) is 51.9 Å². The van der Waals surface area contributed by atoms with Gasteiger partial charge in [-0.1, -0.05) is 19.8 Å². The van der Waals surface area contributed by atoms with Gasteiger partial charge in [0, 0.05) is 18.8 Å². The number of aromatic hydroxyl groups is 1. The average Bonchev–Trinajstić information content (AvgIpc) is 3.22. The lowest BCUT2D eigenvalue weighted by molar-refractivity contribution is 0.394. The predicted octanol–water partition coefficient (Wildman–Crippen LogP) is 4.22. The zero-order chi connectivity index (χ0) is 16.1. The average molecular weight is 315 g/mol. The smallest absolute Gasteiger partial charge is 0.198 e. The molecule has 4 heteroatoms. The molecule has 0 atom stereocenters. The van der Waals surface area contributed by atoms with Crippen LogP contribution in [0.25, 0.3) is 0 Å². The number of phenolic OH excluding ortho intramolecular Hbond substituents is 1. The van der Waals surface area contributed by atoms with Gasteiger partial charge in [-0.25, -0.2) is 4.99 Å². The molecule has 2 fully saturated rings. The van der Waals surface area contributed by atoms with Crippen LogP contribution in [0, 0.1) is 5.92 Å². The highest BCUT2D eigenvalue weighted by atomic mass is 16.3. The second kappa shape index (κ2) is 7.71. The maximum Gasteiger partial charge on any atom is 0.198 e. The molecule has 1 aromatic carbocycles. The van der Waals surface area contributed by atoms with Crippen LogP contribution in [0.15, 0.2) is 29.3 Å². The Morgan fingerprint density at radius 3 is 2.48 bits per heavy atom. The van der Waals surface area contributed by atoms with Crippen LogP contribution in [0.4, 0.5) is 5.69 Å². The molecule has 2 aliphatic rings. The number of benzene rings is 1. The number of rotatable bonds is 6. The molecule has 0 aromatic heterocycles. The molecule has 2 N–H and O–H groups in total. The number of nitrogens with zero attached hydrogens (tertiary/aromatic N) is 2. The Hall–Kier alpha value is -1.71. The normalized spacial score (nSPS) is 19.1. The Bertz CT molecular complexity index is 516. The first-order chi connectivity index (χ1) is 11.2. The van der Waals surface area contributed by atoms with Crippen molar-refractivity contribution in [3.05, 3.63) is 24.3 Å². The highest BCUT2D eigenvalue weighted by Gasteiger charge is 2.26. The third-order valence-corrected chi connectivity index (χ3v) is 4.72. The van der Waals surface area contributed by atoms with Gasteiger partial charge >= 0.3 is 0 Å². The van der Waals surface area contributed by atoms with Gasteiger partial charge in [0.1, 0.15) is 5.75 Å². The minimum absolute atomic E-state index is 0.299. The summed E-state index contributed by atoms with van der Waals surface area (Å²) in [7, 11) is 0. The van der Waals surface area contributed by atoms with E-state index in [0.717, 1.165) is 37.1 Å². The summed E-state index contributed by atoms with van der Waals surface area (Å²) in [5, 5.41) is 13.0. The maximum absolute atomic E-state index is 9.47. The molecule has 0 radical (unpaired) electrons. The van der Waals surface area contributed by atoms with Gasteiger partial charge in [0.2, 0.25) is 0 Å². The fraction of sp³-hybridized carbons (Fsp3) is 0.632. The summed E-state index contributed by atoms with van der Waals surface area (Å²) in [6, 6.07) is 7.75. The molecule has 2 aliphatic carbocycles. The topological polar surface area (TPSA) is 47.9 Å². The first-order valence-electron chi connectivity index (χ1n) is 9.13. The van der Waals surface area contributed by atoms with E-state index < -0.39 is 0 Å². The largest absolute Gasteiger partial charge is 0.508 e. The van der Waals surface area contributed by atoms with Crippen LogP contribution in [-0.4, -0.2) is 35.1 Å². The van der Waals surface area contributed by atoms with Gasteiger partial charge in [-0.2, -0.15) is 0 Å². The molecule has 0 aliphatic heterocycles. The Morgan fingerprint density at radius 2 is 1.87 bits per heavy atom. The summed E-state index contributed by atoms with van der Waals surface area (Å²) in [6.07, 6.45) is 8.88. The van der Waals surface area contributed by atoms with Crippen LogP contribution < -0.4 is 5.32 Å². The zero-order valence-electron chi connectivity index (χ0n) is 14.2. The molecule has 0 spiro atoms. The van der Waals surface area contributed by atoms with E-state index in [4.69, 9.17) is 4.99 Å². The predicted molar refractivity (Wildman–Crippen MR) is 96.0 cm³/mol. The van der Waals surface area contributed by atoms with Crippen molar-refractivity contribution in [2.24, 2.45) is 10.9 Å². The van der Waals surface area contributed by atoms with Gasteiger partial charge in [0.05, 0.1) is 6.04 Å². The van der Waals surface area contributed by atoms with Crippen LogP contribution in [-0.2, 0) is 0 Å². The molecular formula is C19H29N3O. The van der Waals surface area contributed by atoms with Crippen molar-refractivity contribution in [2.45, 2.75) is 57.9 Å². The minimum Gasteiger partial charge on any atom is -0.508 e. The van der Waals surface area contributed by atoms with Crippen LogP contribution in [0.3, 0.4) is 0 Å². The lowest BCUT2D eigenvalue weighted by atomic mass is 10.2. The van der Waals surface area contributed by atoms with E-state index >= 15 is 0 Å². The van der Waals surface area contributed by atoms with Gasteiger partial charge in [-0.05, 0) is 62.3 Å². The Kier molecular flexibility index (Phi) is 5.42. The summed E-state index contributed by atoms with van der Waals surface area (Å²) in [4.78, 5) is 7.50. The molecule has 4 nitrogen and oxygen atoms in total. The zero-order valence-corrected chi connectivity index (χ0v) is 14.2. The summed E-state index contributed by atoms with van der Waals surface area (Å²) in [5.74, 6) is 2.17. The highest BCUT2D eigenvalue weighted by Crippen LogP contribution is 2.30. The number of hydrogen-bond acceptors (Lipinski definition) is 2. The molecule has 2 saturated carbocycles. The molecule has 0 saturated heterocycles. The third-order valence-electron chi connectivity index (χ3n) is 4.72. The van der Waals surface area contributed by atoms with Crippen molar-refractivity contribution < 1.29 is 5.11 Å². The molecule has 3 rings (SSSR count). The van der Waals surface area contributed by atoms with E-state index in [9.17, 15) is 5.11 Å². The number of anilines is 1. The van der Waals surface area contributed by atoms with Crippen LogP contribution in [0.5, 0.6) is 5.75 Å². The number of hydrogen-bond donors (Lipinski definition) is 2. The molecule has 0 unspecified atom stereocenters. The van der Waals surface area contributed by atoms with Crippen molar-refractivity contribution in [3.8, 4) is 5.75 Å². The molecule has 0 heterocycles. The van der Waals surface area contributed by atoms with E-state index in [0.29, 0.717) is 11.8 Å².